The average molecular weight is 384 g/mol. The maximum absolute atomic E-state index is 12.7. The summed E-state index contributed by atoms with van der Waals surface area (Å²) in [5, 5.41) is 2.73. The Labute approximate surface area is 161 Å². The molecule has 0 fully saturated rings. The molecule has 0 saturated heterocycles. The highest BCUT2D eigenvalue weighted by Crippen LogP contribution is 2.29. The number of hydrogen-bond donors (Lipinski definition) is 0. The molecule has 0 unspecified atom stereocenters. The second-order valence-electron chi connectivity index (χ2n) is 5.90. The average Bonchev–Trinajstić information content (AvgIpc) is 3.28. The van der Waals surface area contributed by atoms with Gasteiger partial charge >= 0.3 is 0 Å². The fourth-order valence-corrected chi connectivity index (χ4v) is 3.62. The summed E-state index contributed by atoms with van der Waals surface area (Å²) >= 11 is 1.51. The molecule has 6 nitrogen and oxygen atoms in total. The van der Waals surface area contributed by atoms with Crippen molar-refractivity contribution in [3.8, 4) is 16.6 Å². The maximum atomic E-state index is 12.7. The van der Waals surface area contributed by atoms with Crippen molar-refractivity contribution in [1.29, 1.82) is 0 Å². The zero-order chi connectivity index (χ0) is 19.4. The Balaban J connectivity index is 1.79. The van der Waals surface area contributed by atoms with Gasteiger partial charge in [-0.15, -0.1) is 11.3 Å². The Morgan fingerprint density at radius 1 is 1.22 bits per heavy atom. The van der Waals surface area contributed by atoms with E-state index in [1.54, 1.807) is 24.4 Å². The van der Waals surface area contributed by atoms with Crippen LogP contribution in [0.25, 0.3) is 5.13 Å². The molecule has 1 aromatic carbocycles. The topological polar surface area (TPSA) is 70.4 Å². The van der Waals surface area contributed by atoms with Crippen molar-refractivity contribution in [2.75, 3.05) is 13.2 Å². The highest BCUT2D eigenvalue weighted by Gasteiger charge is 2.19. The van der Waals surface area contributed by atoms with Crippen molar-refractivity contribution in [2.45, 2.75) is 20.8 Å². The van der Waals surface area contributed by atoms with E-state index in [0.29, 0.717) is 29.2 Å². The number of nitrogens with zero attached hydrogens (tertiary/aromatic N) is 2. The van der Waals surface area contributed by atoms with Gasteiger partial charge in [0.1, 0.15) is 6.29 Å². The standard InChI is InChI=1S/C20H20N2O4S/c1-4-25-19-10-15(11-23)5-6-18(19)26-12-17(24)16-9-13(2)22(14(16)3)20-21-7-8-27-20/h5-11H,4,12H2,1-3H3. The summed E-state index contributed by atoms with van der Waals surface area (Å²) < 4.78 is 13.2. The predicted octanol–water partition coefficient (Wildman–Crippen LogP) is 4.02. The van der Waals surface area contributed by atoms with E-state index in [0.717, 1.165) is 22.8 Å². The smallest absolute Gasteiger partial charge is 0.202 e. The van der Waals surface area contributed by atoms with Crippen LogP contribution in [-0.4, -0.2) is 34.8 Å². The van der Waals surface area contributed by atoms with Crippen molar-refractivity contribution < 1.29 is 19.1 Å². The van der Waals surface area contributed by atoms with Gasteiger partial charge in [0.2, 0.25) is 5.78 Å². The van der Waals surface area contributed by atoms with E-state index in [1.165, 1.54) is 11.3 Å². The van der Waals surface area contributed by atoms with E-state index in [9.17, 15) is 9.59 Å². The molecule has 2 heterocycles. The first-order valence-corrected chi connectivity index (χ1v) is 9.40. The van der Waals surface area contributed by atoms with E-state index in [4.69, 9.17) is 9.47 Å². The summed E-state index contributed by atoms with van der Waals surface area (Å²) in [5.74, 6) is 0.750. The summed E-state index contributed by atoms with van der Waals surface area (Å²) in [4.78, 5) is 28.0. The molecule has 0 spiro atoms. The Bertz CT molecular complexity index is 961. The van der Waals surface area contributed by atoms with Gasteiger partial charge in [-0.3, -0.25) is 14.2 Å². The van der Waals surface area contributed by atoms with Crippen LogP contribution in [0.4, 0.5) is 0 Å². The second kappa shape index (κ2) is 8.18. The van der Waals surface area contributed by atoms with Gasteiger partial charge < -0.3 is 9.47 Å². The van der Waals surface area contributed by atoms with Crippen LogP contribution >= 0.6 is 11.3 Å². The summed E-state index contributed by atoms with van der Waals surface area (Å²) in [6.45, 7) is 5.99. The number of carbonyl (C=O) groups is 2. The fraction of sp³-hybridized carbons (Fsp3) is 0.250. The van der Waals surface area contributed by atoms with Crippen LogP contribution in [0.2, 0.25) is 0 Å². The quantitative estimate of drug-likeness (QED) is 0.433. The van der Waals surface area contributed by atoms with Crippen LogP contribution < -0.4 is 9.47 Å². The third-order valence-electron chi connectivity index (χ3n) is 4.10. The van der Waals surface area contributed by atoms with Gasteiger partial charge in [0.15, 0.2) is 23.2 Å². The summed E-state index contributed by atoms with van der Waals surface area (Å²) in [7, 11) is 0. The van der Waals surface area contributed by atoms with Crippen molar-refractivity contribution in [1.82, 2.24) is 9.55 Å². The lowest BCUT2D eigenvalue weighted by atomic mass is 10.1. The SMILES string of the molecule is CCOc1cc(C=O)ccc1OCC(=O)c1cc(C)n(-c2nccs2)c1C. The Kier molecular flexibility index (Phi) is 5.71. The van der Waals surface area contributed by atoms with E-state index >= 15 is 0 Å². The van der Waals surface area contributed by atoms with Gasteiger partial charge in [-0.1, -0.05) is 0 Å². The number of rotatable bonds is 8. The number of carbonyl (C=O) groups excluding carboxylic acids is 2. The molecule has 0 saturated carbocycles. The van der Waals surface area contributed by atoms with E-state index in [-0.39, 0.29) is 12.4 Å². The van der Waals surface area contributed by atoms with Gasteiger partial charge in [0.25, 0.3) is 0 Å². The summed E-state index contributed by atoms with van der Waals surface area (Å²) in [6, 6.07) is 6.72. The third kappa shape index (κ3) is 3.93. The van der Waals surface area contributed by atoms with Gasteiger partial charge in [-0.25, -0.2) is 4.98 Å². The Morgan fingerprint density at radius 3 is 2.70 bits per heavy atom. The van der Waals surface area contributed by atoms with Gasteiger partial charge in [0, 0.05) is 34.1 Å². The number of benzene rings is 1. The lowest BCUT2D eigenvalue weighted by Gasteiger charge is -2.12. The number of thiazole rings is 1. The summed E-state index contributed by atoms with van der Waals surface area (Å²) in [5.41, 5.74) is 2.86. The highest BCUT2D eigenvalue weighted by atomic mass is 32.1. The van der Waals surface area contributed by atoms with Crippen LogP contribution in [0.3, 0.4) is 0 Å². The molecule has 0 bridgehead atoms. The molecule has 140 valence electrons. The van der Waals surface area contributed by atoms with Crippen LogP contribution in [0, 0.1) is 13.8 Å². The highest BCUT2D eigenvalue weighted by molar-refractivity contribution is 7.12. The van der Waals surface area contributed by atoms with E-state index in [2.05, 4.69) is 4.98 Å². The van der Waals surface area contributed by atoms with E-state index < -0.39 is 0 Å². The number of aldehydes is 1. The number of ketones is 1. The Hall–Kier alpha value is -2.93. The van der Waals surface area contributed by atoms with Gasteiger partial charge in [-0.2, -0.15) is 0 Å². The minimum absolute atomic E-state index is 0.122. The molecule has 0 aliphatic rings. The molecule has 0 atom stereocenters. The van der Waals surface area contributed by atoms with Gasteiger partial charge in [-0.05, 0) is 45.0 Å². The minimum atomic E-state index is -0.132. The molecule has 0 amide bonds. The molecule has 27 heavy (non-hydrogen) atoms. The van der Waals surface area contributed by atoms with Crippen LogP contribution in [0.1, 0.15) is 39.0 Å². The zero-order valence-corrected chi connectivity index (χ0v) is 16.2. The van der Waals surface area contributed by atoms with Crippen LogP contribution in [0.15, 0.2) is 35.8 Å². The zero-order valence-electron chi connectivity index (χ0n) is 15.4. The lowest BCUT2D eigenvalue weighted by molar-refractivity contribution is 0.0918. The number of ether oxygens (including phenoxy) is 2. The maximum Gasteiger partial charge on any atom is 0.202 e. The molecule has 0 aliphatic carbocycles. The first-order valence-electron chi connectivity index (χ1n) is 8.52. The molecule has 7 heteroatoms. The van der Waals surface area contributed by atoms with Crippen LogP contribution in [-0.2, 0) is 0 Å². The Morgan fingerprint density at radius 2 is 2.04 bits per heavy atom. The lowest BCUT2D eigenvalue weighted by Crippen LogP contribution is -2.13. The van der Waals surface area contributed by atoms with Crippen molar-refractivity contribution in [2.24, 2.45) is 0 Å². The second-order valence-corrected chi connectivity index (χ2v) is 6.78. The largest absolute Gasteiger partial charge is 0.490 e. The van der Waals surface area contributed by atoms with Crippen LogP contribution in [0.5, 0.6) is 11.5 Å². The minimum Gasteiger partial charge on any atom is -0.490 e. The molecular formula is C20H20N2O4S. The molecule has 0 aliphatic heterocycles. The number of Topliss-reactive ketones (excluding diaryl/α,β-unsaturated/α-hetero) is 1. The molecular weight excluding hydrogens is 364 g/mol. The molecule has 3 rings (SSSR count). The van der Waals surface area contributed by atoms with Crippen molar-refractivity contribution >= 4 is 23.4 Å². The molecule has 2 aromatic heterocycles. The van der Waals surface area contributed by atoms with Gasteiger partial charge in [0.05, 0.1) is 6.61 Å². The van der Waals surface area contributed by atoms with E-state index in [1.807, 2.05) is 36.8 Å². The first kappa shape index (κ1) is 18.8. The third-order valence-corrected chi connectivity index (χ3v) is 4.86. The fourth-order valence-electron chi connectivity index (χ4n) is 2.87. The van der Waals surface area contributed by atoms with Crippen molar-refractivity contribution in [3.63, 3.8) is 0 Å². The van der Waals surface area contributed by atoms with Crippen molar-refractivity contribution in [3.05, 3.63) is 58.4 Å². The molecule has 0 radical (unpaired) electrons. The number of hydrogen-bond acceptors (Lipinski definition) is 6. The summed E-state index contributed by atoms with van der Waals surface area (Å²) in [6.07, 6.45) is 2.48. The first-order chi connectivity index (χ1) is 13.0. The number of aromatic nitrogens is 2. The molecule has 3 aromatic rings. The monoisotopic (exact) mass is 384 g/mol. The number of aryl methyl sites for hydroxylation is 1. The molecule has 0 N–H and O–H groups in total. The normalized spacial score (nSPS) is 10.6. The predicted molar refractivity (Wildman–Crippen MR) is 104 cm³/mol.